The highest BCUT2D eigenvalue weighted by molar-refractivity contribution is 5.89. The third-order valence-electron chi connectivity index (χ3n) is 3.93. The maximum absolute atomic E-state index is 11.8. The fourth-order valence-electron chi connectivity index (χ4n) is 2.28. The van der Waals surface area contributed by atoms with Gasteiger partial charge in [0.1, 0.15) is 5.75 Å². The predicted molar refractivity (Wildman–Crippen MR) is 99.2 cm³/mol. The van der Waals surface area contributed by atoms with Crippen LogP contribution in [0, 0.1) is 13.8 Å². The van der Waals surface area contributed by atoms with Gasteiger partial charge < -0.3 is 20.1 Å². The molecule has 0 radical (unpaired) electrons. The average molecular weight is 356 g/mol. The van der Waals surface area contributed by atoms with Crippen LogP contribution in [0.4, 0.5) is 4.79 Å². The molecule has 2 rings (SSSR count). The highest BCUT2D eigenvalue weighted by Crippen LogP contribution is 2.19. The molecule has 0 aliphatic heterocycles. The van der Waals surface area contributed by atoms with Gasteiger partial charge in [-0.2, -0.15) is 0 Å². The maximum atomic E-state index is 11.8. The van der Waals surface area contributed by atoms with Crippen LogP contribution in [-0.4, -0.2) is 25.3 Å². The zero-order chi connectivity index (χ0) is 18.9. The molecule has 6 heteroatoms. The monoisotopic (exact) mass is 356 g/mol. The van der Waals surface area contributed by atoms with Gasteiger partial charge in [-0.05, 0) is 55.7 Å². The molecule has 0 aliphatic rings. The van der Waals surface area contributed by atoms with Crippen molar-refractivity contribution in [3.05, 3.63) is 64.7 Å². The van der Waals surface area contributed by atoms with E-state index >= 15 is 0 Å². The first kappa shape index (κ1) is 19.3. The van der Waals surface area contributed by atoms with Gasteiger partial charge in [-0.1, -0.05) is 24.3 Å². The van der Waals surface area contributed by atoms with Gasteiger partial charge >= 0.3 is 12.0 Å². The number of carbonyl (C=O) groups is 2. The minimum absolute atomic E-state index is 0.0813. The number of ether oxygens (including phenoxy) is 2. The summed E-state index contributed by atoms with van der Waals surface area (Å²) in [5.41, 5.74) is 3.56. The zero-order valence-corrected chi connectivity index (χ0v) is 15.3. The molecule has 0 heterocycles. The van der Waals surface area contributed by atoms with Crippen LogP contribution in [0.3, 0.4) is 0 Å². The molecule has 2 amide bonds. The van der Waals surface area contributed by atoms with Crippen LogP contribution in [0.2, 0.25) is 0 Å². The summed E-state index contributed by atoms with van der Waals surface area (Å²) >= 11 is 0. The van der Waals surface area contributed by atoms with E-state index in [1.54, 1.807) is 31.2 Å². The van der Waals surface area contributed by atoms with Crippen molar-refractivity contribution in [3.8, 4) is 5.75 Å². The Morgan fingerprint density at radius 1 is 1.00 bits per heavy atom. The minimum Gasteiger partial charge on any atom is -0.473 e. The van der Waals surface area contributed by atoms with Crippen LogP contribution in [0.15, 0.2) is 42.5 Å². The molecule has 138 valence electrons. The van der Waals surface area contributed by atoms with Crippen molar-refractivity contribution >= 4 is 12.0 Å². The lowest BCUT2D eigenvalue weighted by molar-refractivity contribution is 0.0526. The normalized spacial score (nSPS) is 10.1. The van der Waals surface area contributed by atoms with E-state index in [4.69, 9.17) is 9.47 Å². The fraction of sp³-hybridized carbons (Fsp3) is 0.300. The van der Waals surface area contributed by atoms with Gasteiger partial charge in [-0.25, -0.2) is 9.59 Å². The Kier molecular flexibility index (Phi) is 7.02. The van der Waals surface area contributed by atoms with Gasteiger partial charge in [0.25, 0.3) is 0 Å². The number of benzene rings is 2. The standard InChI is InChI=1S/C20H24N2O4/c1-4-25-19(23)17-10-8-16(9-11-17)12-21-20(24)22-13-26-18-7-5-6-14(2)15(18)3/h5-11H,4,12-13H2,1-3H3,(H2,21,22,24). The van der Waals surface area contributed by atoms with Crippen molar-refractivity contribution in [2.24, 2.45) is 0 Å². The van der Waals surface area contributed by atoms with Crippen molar-refractivity contribution in [3.63, 3.8) is 0 Å². The summed E-state index contributed by atoms with van der Waals surface area (Å²) < 4.78 is 10.5. The summed E-state index contributed by atoms with van der Waals surface area (Å²) in [6.45, 7) is 6.52. The first-order valence-electron chi connectivity index (χ1n) is 8.48. The molecule has 2 aromatic carbocycles. The van der Waals surface area contributed by atoms with Crippen LogP contribution in [-0.2, 0) is 11.3 Å². The molecular weight excluding hydrogens is 332 g/mol. The lowest BCUT2D eigenvalue weighted by Gasteiger charge is -2.12. The number of esters is 1. The molecule has 0 unspecified atom stereocenters. The summed E-state index contributed by atoms with van der Waals surface area (Å²) in [4.78, 5) is 23.4. The Hall–Kier alpha value is -3.02. The van der Waals surface area contributed by atoms with E-state index in [9.17, 15) is 9.59 Å². The van der Waals surface area contributed by atoms with Gasteiger partial charge in [0.15, 0.2) is 6.73 Å². The molecule has 0 spiro atoms. The molecule has 2 aromatic rings. The van der Waals surface area contributed by atoms with Crippen LogP contribution in [0.5, 0.6) is 5.75 Å². The third-order valence-corrected chi connectivity index (χ3v) is 3.93. The summed E-state index contributed by atoms with van der Waals surface area (Å²) in [6.07, 6.45) is 0. The summed E-state index contributed by atoms with van der Waals surface area (Å²) in [5.74, 6) is 0.396. The highest BCUT2D eigenvalue weighted by atomic mass is 16.5. The molecule has 0 atom stereocenters. The van der Waals surface area contributed by atoms with Crippen molar-refractivity contribution in [2.45, 2.75) is 27.3 Å². The Morgan fingerprint density at radius 3 is 2.42 bits per heavy atom. The van der Waals surface area contributed by atoms with E-state index in [1.165, 1.54) is 0 Å². The Balaban J connectivity index is 1.75. The fourth-order valence-corrected chi connectivity index (χ4v) is 2.28. The second-order valence-corrected chi connectivity index (χ2v) is 5.76. The van der Waals surface area contributed by atoms with Crippen molar-refractivity contribution in [1.82, 2.24) is 10.6 Å². The number of carbonyl (C=O) groups excluding carboxylic acids is 2. The predicted octanol–water partition coefficient (Wildman–Crippen LogP) is 3.32. The average Bonchev–Trinajstić information content (AvgIpc) is 2.64. The molecule has 0 saturated heterocycles. The third kappa shape index (κ3) is 5.51. The van der Waals surface area contributed by atoms with E-state index in [0.29, 0.717) is 18.7 Å². The van der Waals surface area contributed by atoms with Crippen molar-refractivity contribution in [2.75, 3.05) is 13.3 Å². The quantitative estimate of drug-likeness (QED) is 0.589. The Labute approximate surface area is 153 Å². The molecule has 0 bridgehead atoms. The lowest BCUT2D eigenvalue weighted by atomic mass is 10.1. The molecular formula is C20H24N2O4. The van der Waals surface area contributed by atoms with Crippen molar-refractivity contribution in [1.29, 1.82) is 0 Å². The van der Waals surface area contributed by atoms with Crippen LogP contribution in [0.1, 0.15) is 34.0 Å². The van der Waals surface area contributed by atoms with Crippen LogP contribution >= 0.6 is 0 Å². The molecule has 26 heavy (non-hydrogen) atoms. The Morgan fingerprint density at radius 2 is 1.73 bits per heavy atom. The van der Waals surface area contributed by atoms with Crippen LogP contribution in [0.25, 0.3) is 0 Å². The van der Waals surface area contributed by atoms with Gasteiger partial charge in [0.2, 0.25) is 0 Å². The second kappa shape index (κ2) is 9.46. The largest absolute Gasteiger partial charge is 0.473 e. The van der Waals surface area contributed by atoms with E-state index < -0.39 is 0 Å². The maximum Gasteiger partial charge on any atom is 0.338 e. The van der Waals surface area contributed by atoms with Gasteiger partial charge in [0.05, 0.1) is 12.2 Å². The molecule has 0 saturated carbocycles. The molecule has 6 nitrogen and oxygen atoms in total. The van der Waals surface area contributed by atoms with Crippen LogP contribution < -0.4 is 15.4 Å². The number of hydrogen-bond acceptors (Lipinski definition) is 4. The molecule has 2 N–H and O–H groups in total. The molecule has 0 aliphatic carbocycles. The van der Waals surface area contributed by atoms with Crippen molar-refractivity contribution < 1.29 is 19.1 Å². The molecule has 0 fully saturated rings. The summed E-state index contributed by atoms with van der Waals surface area (Å²) in [7, 11) is 0. The van der Waals surface area contributed by atoms with E-state index in [2.05, 4.69) is 10.6 Å². The zero-order valence-electron chi connectivity index (χ0n) is 15.3. The number of rotatable bonds is 7. The number of aryl methyl sites for hydroxylation is 1. The SMILES string of the molecule is CCOC(=O)c1ccc(CNC(=O)NCOc2cccc(C)c2C)cc1. The van der Waals surface area contributed by atoms with Gasteiger partial charge in [0, 0.05) is 6.54 Å². The smallest absolute Gasteiger partial charge is 0.338 e. The first-order chi connectivity index (χ1) is 12.5. The topological polar surface area (TPSA) is 76.7 Å². The minimum atomic E-state index is -0.353. The lowest BCUT2D eigenvalue weighted by Crippen LogP contribution is -2.37. The van der Waals surface area contributed by atoms with E-state index in [1.807, 2.05) is 32.0 Å². The summed E-state index contributed by atoms with van der Waals surface area (Å²) in [5, 5.41) is 5.39. The van der Waals surface area contributed by atoms with Gasteiger partial charge in [-0.15, -0.1) is 0 Å². The highest BCUT2D eigenvalue weighted by Gasteiger charge is 2.07. The Bertz CT molecular complexity index is 757. The van der Waals surface area contributed by atoms with Gasteiger partial charge in [-0.3, -0.25) is 0 Å². The molecule has 0 aromatic heterocycles. The van der Waals surface area contributed by atoms with E-state index in [0.717, 1.165) is 22.4 Å². The summed E-state index contributed by atoms with van der Waals surface area (Å²) in [6, 6.07) is 12.4. The second-order valence-electron chi connectivity index (χ2n) is 5.76. The number of hydrogen-bond donors (Lipinski definition) is 2. The number of urea groups is 1. The number of amides is 2. The first-order valence-corrected chi connectivity index (χ1v) is 8.48. The number of nitrogens with one attached hydrogen (secondary N) is 2. The van der Waals surface area contributed by atoms with E-state index in [-0.39, 0.29) is 18.7 Å².